The summed E-state index contributed by atoms with van der Waals surface area (Å²) in [4.78, 5) is 16.1. The highest BCUT2D eigenvalue weighted by atomic mass is 19.1. The van der Waals surface area contributed by atoms with Crippen LogP contribution in [0.15, 0.2) is 212 Å². The Morgan fingerprint density at radius 2 is 0.608 bits per heavy atom. The van der Waals surface area contributed by atoms with Gasteiger partial charge in [-0.25, -0.2) is 17.6 Å². The minimum atomic E-state index is -0.690. The fourth-order valence-corrected chi connectivity index (χ4v) is 11.3. The third-order valence-electron chi connectivity index (χ3n) is 14.5. The number of halogens is 4. The molecule has 0 fully saturated rings. The molecule has 0 saturated carbocycles. The lowest BCUT2D eigenvalue weighted by molar-refractivity contribution is 0.578. The normalized spacial score (nSPS) is 12.1. The highest BCUT2D eigenvalue weighted by Crippen LogP contribution is 2.42. The van der Waals surface area contributed by atoms with Crippen molar-refractivity contribution in [2.45, 2.75) is 0 Å². The second kappa shape index (κ2) is 15.8. The maximum absolute atomic E-state index is 16.0. The molecule has 350 valence electrons. The topological polar surface area (TPSA) is 58.4 Å². The van der Waals surface area contributed by atoms with Crippen molar-refractivity contribution in [1.29, 1.82) is 0 Å². The van der Waals surface area contributed by atoms with Gasteiger partial charge in [-0.2, -0.15) is 15.0 Å². The van der Waals surface area contributed by atoms with Gasteiger partial charge in [0.1, 0.15) is 23.3 Å². The Hall–Kier alpha value is -9.87. The molecular formula is C63H35F4N7. The highest BCUT2D eigenvalue weighted by Gasteiger charge is 2.25. The van der Waals surface area contributed by atoms with Gasteiger partial charge in [0.25, 0.3) is 0 Å². The first-order chi connectivity index (χ1) is 36.3. The zero-order chi connectivity index (χ0) is 49.3. The summed E-state index contributed by atoms with van der Waals surface area (Å²) in [6, 6.07) is 65.8. The van der Waals surface area contributed by atoms with Gasteiger partial charge in [0.05, 0.1) is 55.5 Å². The van der Waals surface area contributed by atoms with Crippen molar-refractivity contribution in [3.8, 4) is 45.8 Å². The van der Waals surface area contributed by atoms with Crippen LogP contribution in [-0.4, -0.2) is 33.2 Å². The van der Waals surface area contributed by atoms with Crippen LogP contribution < -0.4 is 0 Å². The molecular weight excluding hydrogens is 931 g/mol. The van der Waals surface area contributed by atoms with E-state index >= 15 is 8.78 Å². The number of hydrogen-bond acceptors (Lipinski definition) is 3. The molecule has 5 aromatic heterocycles. The summed E-state index contributed by atoms with van der Waals surface area (Å²) in [7, 11) is 0. The summed E-state index contributed by atoms with van der Waals surface area (Å²) in [6.07, 6.45) is 0. The maximum Gasteiger partial charge on any atom is 0.240 e. The van der Waals surface area contributed by atoms with Gasteiger partial charge in [-0.15, -0.1) is 0 Å². The zero-order valence-corrected chi connectivity index (χ0v) is 38.8. The Morgan fingerprint density at radius 3 is 1.03 bits per heavy atom. The van der Waals surface area contributed by atoms with Crippen molar-refractivity contribution >= 4 is 87.2 Å². The molecule has 15 rings (SSSR count). The van der Waals surface area contributed by atoms with E-state index in [0.717, 1.165) is 105 Å². The van der Waals surface area contributed by atoms with Crippen LogP contribution in [0.2, 0.25) is 0 Å². The van der Waals surface area contributed by atoms with Gasteiger partial charge in [0.15, 0.2) is 5.82 Å². The molecule has 0 atom stereocenters. The summed E-state index contributed by atoms with van der Waals surface area (Å²) in [5.41, 5.74) is 9.39. The summed E-state index contributed by atoms with van der Waals surface area (Å²) >= 11 is 0. The second-order valence-electron chi connectivity index (χ2n) is 18.6. The van der Waals surface area contributed by atoms with E-state index in [0.29, 0.717) is 28.8 Å². The molecule has 0 radical (unpaired) electrons. The number of rotatable bonds is 6. The van der Waals surface area contributed by atoms with E-state index in [4.69, 9.17) is 15.0 Å². The molecule has 0 aliphatic rings. The minimum Gasteiger partial charge on any atom is -0.306 e. The molecule has 15 aromatic rings. The molecule has 0 bridgehead atoms. The molecule has 0 aliphatic heterocycles. The van der Waals surface area contributed by atoms with Crippen LogP contribution in [-0.2, 0) is 0 Å². The molecule has 0 aliphatic carbocycles. The molecule has 0 amide bonds. The molecule has 5 heterocycles. The third-order valence-corrected chi connectivity index (χ3v) is 14.5. The van der Waals surface area contributed by atoms with Crippen molar-refractivity contribution in [2.24, 2.45) is 0 Å². The average Bonchev–Trinajstić information content (AvgIpc) is 4.15. The first-order valence-electron chi connectivity index (χ1n) is 24.1. The summed E-state index contributed by atoms with van der Waals surface area (Å²) in [5, 5.41) is 7.35. The van der Waals surface area contributed by atoms with Crippen LogP contribution in [0.4, 0.5) is 17.6 Å². The van der Waals surface area contributed by atoms with Gasteiger partial charge in [-0.1, -0.05) is 127 Å². The Bertz CT molecular complexity index is 4570. The van der Waals surface area contributed by atoms with E-state index in [1.54, 1.807) is 0 Å². The summed E-state index contributed by atoms with van der Waals surface area (Å²) < 4.78 is 68.6. The largest absolute Gasteiger partial charge is 0.306 e. The van der Waals surface area contributed by atoms with Crippen LogP contribution in [0.3, 0.4) is 0 Å². The SMILES string of the molecule is Fc1ccc(-n2c3ccccc3c3cc4c5ccccc5n(-c5nc(-c6ccc(-c7ccccc7)cc6)nc(-n6c7ccccc7c7cc8c9ccccc9n(-c9ccc(F)cc9F)c8cc76)n5)c4cc32)c(F)c1. The number of nitrogens with zero attached hydrogens (tertiary/aromatic N) is 7. The number of benzene rings is 10. The van der Waals surface area contributed by atoms with E-state index in [2.05, 4.69) is 48.5 Å². The van der Waals surface area contributed by atoms with Crippen molar-refractivity contribution in [3.05, 3.63) is 236 Å². The first-order valence-corrected chi connectivity index (χ1v) is 24.1. The predicted octanol–water partition coefficient (Wildman–Crippen LogP) is 16.2. The summed E-state index contributed by atoms with van der Waals surface area (Å²) in [5.74, 6) is -1.64. The molecule has 7 nitrogen and oxygen atoms in total. The van der Waals surface area contributed by atoms with Crippen molar-refractivity contribution in [1.82, 2.24) is 33.2 Å². The van der Waals surface area contributed by atoms with Gasteiger partial charge in [0, 0.05) is 60.8 Å². The van der Waals surface area contributed by atoms with Crippen LogP contribution in [0, 0.1) is 23.3 Å². The van der Waals surface area contributed by atoms with E-state index in [1.165, 1.54) is 24.3 Å². The van der Waals surface area contributed by atoms with Crippen molar-refractivity contribution in [2.75, 3.05) is 0 Å². The van der Waals surface area contributed by atoms with Crippen LogP contribution in [0.5, 0.6) is 0 Å². The van der Waals surface area contributed by atoms with E-state index in [9.17, 15) is 8.78 Å². The smallest absolute Gasteiger partial charge is 0.240 e. The van der Waals surface area contributed by atoms with Crippen molar-refractivity contribution < 1.29 is 17.6 Å². The van der Waals surface area contributed by atoms with Gasteiger partial charge in [-0.3, -0.25) is 9.13 Å². The number of para-hydroxylation sites is 4. The molecule has 10 aromatic carbocycles. The lowest BCUT2D eigenvalue weighted by atomic mass is 10.0. The second-order valence-corrected chi connectivity index (χ2v) is 18.6. The Morgan fingerprint density at radius 1 is 0.257 bits per heavy atom. The molecule has 0 spiro atoms. The monoisotopic (exact) mass is 965 g/mol. The maximum atomic E-state index is 16.0. The number of hydrogen-bond donors (Lipinski definition) is 0. The Labute approximate surface area is 417 Å². The van der Waals surface area contributed by atoms with Gasteiger partial charge in [0.2, 0.25) is 11.9 Å². The standard InChI is InChI=1S/C63H35F4N7/c64-39-26-28-55(49(66)30-39)71-51-18-8-4-14-41(51)45-32-47-43-16-6-10-20-53(43)73(59(47)34-57(45)71)62-68-61(38-24-22-37(23-25-38)36-12-2-1-3-13-36)69-63(70-62)74-54-21-11-7-17-44(54)48-33-46-42-15-5-9-19-52(42)72(58(46)35-60(48)74)56-29-27-40(65)31-50(56)67/h1-35H. The molecule has 0 unspecified atom stereocenters. The van der Waals surface area contributed by atoms with Crippen molar-refractivity contribution in [3.63, 3.8) is 0 Å². The van der Waals surface area contributed by atoms with Crippen LogP contribution in [0.25, 0.3) is 133 Å². The Balaban J connectivity index is 1.05. The first kappa shape index (κ1) is 41.9. The van der Waals surface area contributed by atoms with Crippen LogP contribution >= 0.6 is 0 Å². The van der Waals surface area contributed by atoms with E-state index in [-0.39, 0.29) is 11.4 Å². The average molecular weight is 966 g/mol. The number of aromatic nitrogens is 7. The predicted molar refractivity (Wildman–Crippen MR) is 288 cm³/mol. The van der Waals surface area contributed by atoms with Gasteiger partial charge >= 0.3 is 0 Å². The molecule has 0 saturated heterocycles. The van der Waals surface area contributed by atoms with E-state index in [1.807, 2.05) is 146 Å². The van der Waals surface area contributed by atoms with Gasteiger partial charge in [-0.05, 0) is 83.9 Å². The number of fused-ring (bicyclic) bond motifs is 12. The highest BCUT2D eigenvalue weighted by molar-refractivity contribution is 6.20. The fraction of sp³-hybridized carbons (Fsp3) is 0. The summed E-state index contributed by atoms with van der Waals surface area (Å²) in [6.45, 7) is 0. The molecule has 74 heavy (non-hydrogen) atoms. The van der Waals surface area contributed by atoms with Gasteiger partial charge < -0.3 is 9.13 Å². The fourth-order valence-electron chi connectivity index (χ4n) is 11.3. The minimum absolute atomic E-state index is 0.213. The van der Waals surface area contributed by atoms with Crippen LogP contribution in [0.1, 0.15) is 0 Å². The quantitative estimate of drug-likeness (QED) is 0.156. The molecule has 0 N–H and O–H groups in total. The lowest BCUT2D eigenvalue weighted by Crippen LogP contribution is -2.10. The molecule has 11 heteroatoms. The third kappa shape index (κ3) is 6.16. The zero-order valence-electron chi connectivity index (χ0n) is 38.8. The Kier molecular flexibility index (Phi) is 8.95. The van der Waals surface area contributed by atoms with E-state index < -0.39 is 23.3 Å². The lowest BCUT2D eigenvalue weighted by Gasteiger charge is -2.14.